The molecule has 0 aromatic carbocycles. The highest BCUT2D eigenvalue weighted by atomic mass is 15.1. The van der Waals surface area contributed by atoms with E-state index in [4.69, 9.17) is 0 Å². The molecule has 106 valence electrons. The predicted octanol–water partition coefficient (Wildman–Crippen LogP) is 3.28. The number of likely N-dealkylation sites (tertiary alicyclic amines) is 1. The van der Waals surface area contributed by atoms with Gasteiger partial charge in [-0.2, -0.15) is 0 Å². The Morgan fingerprint density at radius 1 is 1.06 bits per heavy atom. The van der Waals surface area contributed by atoms with Gasteiger partial charge < -0.3 is 10.2 Å². The molecule has 1 aliphatic carbocycles. The molecule has 1 N–H and O–H groups in total. The molecule has 0 atom stereocenters. The SMILES string of the molecule is CC(C)CN1CCC(NCCC2CCCC2)CC1. The van der Waals surface area contributed by atoms with Crippen molar-refractivity contribution < 1.29 is 0 Å². The van der Waals surface area contributed by atoms with Crippen LogP contribution in [0.5, 0.6) is 0 Å². The van der Waals surface area contributed by atoms with E-state index < -0.39 is 0 Å². The zero-order chi connectivity index (χ0) is 12.8. The number of nitrogens with one attached hydrogen (secondary N) is 1. The van der Waals surface area contributed by atoms with Crippen LogP contribution >= 0.6 is 0 Å². The summed E-state index contributed by atoms with van der Waals surface area (Å²) in [5.74, 6) is 1.86. The zero-order valence-electron chi connectivity index (χ0n) is 12.5. The highest BCUT2D eigenvalue weighted by molar-refractivity contribution is 4.78. The Hall–Kier alpha value is -0.0800. The van der Waals surface area contributed by atoms with E-state index in [0.29, 0.717) is 0 Å². The molecule has 1 saturated carbocycles. The average Bonchev–Trinajstić information content (AvgIpc) is 2.84. The topological polar surface area (TPSA) is 15.3 Å². The Kier molecular flexibility index (Phi) is 5.97. The fourth-order valence-corrected chi connectivity index (χ4v) is 3.63. The van der Waals surface area contributed by atoms with Crippen molar-refractivity contribution in [3.63, 3.8) is 0 Å². The minimum absolute atomic E-state index is 0.801. The van der Waals surface area contributed by atoms with Crippen LogP contribution < -0.4 is 5.32 Å². The van der Waals surface area contributed by atoms with Gasteiger partial charge in [-0.25, -0.2) is 0 Å². The van der Waals surface area contributed by atoms with Gasteiger partial charge in [-0.3, -0.25) is 0 Å². The van der Waals surface area contributed by atoms with Crippen molar-refractivity contribution in [2.24, 2.45) is 11.8 Å². The zero-order valence-corrected chi connectivity index (χ0v) is 12.5. The number of hydrogen-bond donors (Lipinski definition) is 1. The first-order valence-corrected chi connectivity index (χ1v) is 8.20. The van der Waals surface area contributed by atoms with E-state index in [-0.39, 0.29) is 0 Å². The van der Waals surface area contributed by atoms with E-state index in [1.54, 1.807) is 0 Å². The molecule has 1 aliphatic heterocycles. The summed E-state index contributed by atoms with van der Waals surface area (Å²) in [7, 11) is 0. The lowest BCUT2D eigenvalue weighted by atomic mass is 10.0. The minimum Gasteiger partial charge on any atom is -0.314 e. The molecular formula is C16H32N2. The first kappa shape index (κ1) is 14.3. The molecule has 2 heteroatoms. The van der Waals surface area contributed by atoms with Gasteiger partial charge in [-0.05, 0) is 50.7 Å². The molecule has 18 heavy (non-hydrogen) atoms. The molecule has 2 fully saturated rings. The molecule has 2 aliphatic rings. The van der Waals surface area contributed by atoms with Crippen LogP contribution in [-0.2, 0) is 0 Å². The van der Waals surface area contributed by atoms with Crippen LogP contribution in [0.1, 0.15) is 58.8 Å². The monoisotopic (exact) mass is 252 g/mol. The van der Waals surface area contributed by atoms with Crippen molar-refractivity contribution in [2.75, 3.05) is 26.2 Å². The Labute approximate surface area is 114 Å². The maximum atomic E-state index is 3.80. The Morgan fingerprint density at radius 3 is 2.33 bits per heavy atom. The molecule has 0 unspecified atom stereocenters. The van der Waals surface area contributed by atoms with Crippen molar-refractivity contribution >= 4 is 0 Å². The van der Waals surface area contributed by atoms with Gasteiger partial charge >= 0.3 is 0 Å². The van der Waals surface area contributed by atoms with Crippen LogP contribution in [0.25, 0.3) is 0 Å². The van der Waals surface area contributed by atoms with Gasteiger partial charge in [-0.1, -0.05) is 39.5 Å². The largest absolute Gasteiger partial charge is 0.314 e. The second kappa shape index (κ2) is 7.49. The Bertz CT molecular complexity index is 213. The van der Waals surface area contributed by atoms with E-state index in [9.17, 15) is 0 Å². The summed E-state index contributed by atoms with van der Waals surface area (Å²) in [4.78, 5) is 2.64. The van der Waals surface area contributed by atoms with Crippen LogP contribution in [0.4, 0.5) is 0 Å². The maximum Gasteiger partial charge on any atom is 0.00914 e. The highest BCUT2D eigenvalue weighted by Crippen LogP contribution is 2.27. The smallest absolute Gasteiger partial charge is 0.00914 e. The molecule has 0 spiro atoms. The lowest BCUT2D eigenvalue weighted by molar-refractivity contribution is 0.179. The van der Waals surface area contributed by atoms with Crippen LogP contribution in [-0.4, -0.2) is 37.1 Å². The lowest BCUT2D eigenvalue weighted by Crippen LogP contribution is -2.44. The lowest BCUT2D eigenvalue weighted by Gasteiger charge is -2.33. The maximum absolute atomic E-state index is 3.80. The first-order valence-electron chi connectivity index (χ1n) is 8.20. The third-order valence-electron chi connectivity index (χ3n) is 4.67. The number of rotatable bonds is 6. The third kappa shape index (κ3) is 4.89. The summed E-state index contributed by atoms with van der Waals surface area (Å²) in [6.45, 7) is 9.81. The van der Waals surface area contributed by atoms with Crippen molar-refractivity contribution in [2.45, 2.75) is 64.8 Å². The van der Waals surface area contributed by atoms with E-state index in [1.807, 2.05) is 0 Å². The normalized spacial score (nSPS) is 24.2. The molecule has 2 rings (SSSR count). The van der Waals surface area contributed by atoms with Gasteiger partial charge in [0.1, 0.15) is 0 Å². The second-order valence-corrected chi connectivity index (χ2v) is 6.86. The van der Waals surface area contributed by atoms with E-state index in [0.717, 1.165) is 17.9 Å². The van der Waals surface area contributed by atoms with Crippen molar-refractivity contribution in [1.29, 1.82) is 0 Å². The van der Waals surface area contributed by atoms with Gasteiger partial charge in [0.25, 0.3) is 0 Å². The van der Waals surface area contributed by atoms with E-state index in [1.165, 1.54) is 71.1 Å². The first-order chi connectivity index (χ1) is 8.74. The van der Waals surface area contributed by atoms with Crippen LogP contribution in [0.3, 0.4) is 0 Å². The molecule has 0 radical (unpaired) electrons. The fourth-order valence-electron chi connectivity index (χ4n) is 3.63. The Balaban J connectivity index is 1.53. The minimum atomic E-state index is 0.801. The van der Waals surface area contributed by atoms with Gasteiger partial charge in [0, 0.05) is 12.6 Å². The van der Waals surface area contributed by atoms with Crippen molar-refractivity contribution in [3.8, 4) is 0 Å². The molecule has 0 aromatic rings. The van der Waals surface area contributed by atoms with Crippen LogP contribution in [0.2, 0.25) is 0 Å². The quantitative estimate of drug-likeness (QED) is 0.780. The molecule has 2 nitrogen and oxygen atoms in total. The highest BCUT2D eigenvalue weighted by Gasteiger charge is 2.20. The number of hydrogen-bond acceptors (Lipinski definition) is 2. The van der Waals surface area contributed by atoms with Gasteiger partial charge in [0.2, 0.25) is 0 Å². The predicted molar refractivity (Wildman–Crippen MR) is 78.9 cm³/mol. The van der Waals surface area contributed by atoms with Crippen LogP contribution in [0, 0.1) is 11.8 Å². The summed E-state index contributed by atoms with van der Waals surface area (Å²) in [5, 5.41) is 3.80. The summed E-state index contributed by atoms with van der Waals surface area (Å²) in [6, 6.07) is 0.801. The summed E-state index contributed by atoms with van der Waals surface area (Å²) in [6.07, 6.45) is 10.1. The van der Waals surface area contributed by atoms with Crippen LogP contribution in [0.15, 0.2) is 0 Å². The van der Waals surface area contributed by atoms with E-state index >= 15 is 0 Å². The van der Waals surface area contributed by atoms with Gasteiger partial charge in [-0.15, -0.1) is 0 Å². The second-order valence-electron chi connectivity index (χ2n) is 6.86. The average molecular weight is 252 g/mol. The third-order valence-corrected chi connectivity index (χ3v) is 4.67. The summed E-state index contributed by atoms with van der Waals surface area (Å²) >= 11 is 0. The fraction of sp³-hybridized carbons (Fsp3) is 1.00. The van der Waals surface area contributed by atoms with Gasteiger partial charge in [0.05, 0.1) is 0 Å². The number of piperidine rings is 1. The summed E-state index contributed by atoms with van der Waals surface area (Å²) in [5.41, 5.74) is 0. The summed E-state index contributed by atoms with van der Waals surface area (Å²) < 4.78 is 0. The van der Waals surface area contributed by atoms with Crippen molar-refractivity contribution in [3.05, 3.63) is 0 Å². The molecule has 1 heterocycles. The molecule has 0 bridgehead atoms. The van der Waals surface area contributed by atoms with Crippen molar-refractivity contribution in [1.82, 2.24) is 10.2 Å². The standard InChI is InChI=1S/C16H32N2/c1-14(2)13-18-11-8-16(9-12-18)17-10-7-15-5-3-4-6-15/h14-17H,3-13H2,1-2H3. The Morgan fingerprint density at radius 2 is 1.72 bits per heavy atom. The number of nitrogens with zero attached hydrogens (tertiary/aromatic N) is 1. The molecule has 0 aromatic heterocycles. The van der Waals surface area contributed by atoms with E-state index in [2.05, 4.69) is 24.1 Å². The molecule has 0 amide bonds. The molecule has 1 saturated heterocycles. The molecular weight excluding hydrogens is 220 g/mol. The van der Waals surface area contributed by atoms with Gasteiger partial charge in [0.15, 0.2) is 0 Å².